The molecule has 2 aliphatic rings. The number of piperazine rings is 1. The molecule has 98 valence electrons. The lowest BCUT2D eigenvalue weighted by molar-refractivity contribution is 0.0819. The van der Waals surface area contributed by atoms with Crippen LogP contribution in [0.1, 0.15) is 30.9 Å². The van der Waals surface area contributed by atoms with Gasteiger partial charge in [-0.3, -0.25) is 4.90 Å². The van der Waals surface area contributed by atoms with Crippen molar-refractivity contribution in [3.8, 4) is 5.75 Å². The second-order valence-electron chi connectivity index (χ2n) is 5.48. The average molecular weight is 246 g/mol. The second kappa shape index (κ2) is 5.29. The number of aromatic hydroxyl groups is 1. The minimum Gasteiger partial charge on any atom is -0.508 e. The molecule has 2 N–H and O–H groups in total. The first-order valence-corrected chi connectivity index (χ1v) is 7.09. The van der Waals surface area contributed by atoms with E-state index in [1.807, 2.05) is 18.2 Å². The maximum Gasteiger partial charge on any atom is 0.120 e. The molecular weight excluding hydrogens is 224 g/mol. The molecule has 0 radical (unpaired) electrons. The number of hydrogen-bond acceptors (Lipinski definition) is 3. The lowest BCUT2D eigenvalue weighted by Gasteiger charge is -2.43. The highest BCUT2D eigenvalue weighted by Gasteiger charge is 2.34. The lowest BCUT2D eigenvalue weighted by Crippen LogP contribution is -2.47. The highest BCUT2D eigenvalue weighted by Crippen LogP contribution is 2.43. The summed E-state index contributed by atoms with van der Waals surface area (Å²) in [5.41, 5.74) is 1.13. The summed E-state index contributed by atoms with van der Waals surface area (Å²) in [4.78, 5) is 2.55. The maximum absolute atomic E-state index is 10.1. The van der Waals surface area contributed by atoms with Gasteiger partial charge in [-0.1, -0.05) is 24.6 Å². The number of benzene rings is 1. The zero-order chi connectivity index (χ0) is 12.4. The Morgan fingerprint density at radius 3 is 2.50 bits per heavy atom. The SMILES string of the molecule is Oc1ccccc1[C@@H](C1CCC1)N1CCNCC1. The van der Waals surface area contributed by atoms with Gasteiger partial charge in [0.15, 0.2) is 0 Å². The van der Waals surface area contributed by atoms with Crippen LogP contribution in [0.25, 0.3) is 0 Å². The van der Waals surface area contributed by atoms with Crippen molar-refractivity contribution in [1.82, 2.24) is 10.2 Å². The van der Waals surface area contributed by atoms with Crippen molar-refractivity contribution in [2.75, 3.05) is 26.2 Å². The predicted octanol–water partition coefficient (Wildman–Crippen LogP) is 2.14. The predicted molar refractivity (Wildman–Crippen MR) is 72.6 cm³/mol. The third kappa shape index (κ3) is 2.25. The number of nitrogens with zero attached hydrogens (tertiary/aromatic N) is 1. The Morgan fingerprint density at radius 2 is 1.89 bits per heavy atom. The van der Waals surface area contributed by atoms with Crippen molar-refractivity contribution in [3.05, 3.63) is 29.8 Å². The van der Waals surface area contributed by atoms with E-state index in [9.17, 15) is 5.11 Å². The highest BCUT2D eigenvalue weighted by molar-refractivity contribution is 5.35. The molecule has 2 fully saturated rings. The van der Waals surface area contributed by atoms with Crippen LogP contribution in [0, 0.1) is 5.92 Å². The van der Waals surface area contributed by atoms with Crippen LogP contribution in [-0.4, -0.2) is 36.2 Å². The fourth-order valence-electron chi connectivity index (χ4n) is 3.20. The number of rotatable bonds is 3. The van der Waals surface area contributed by atoms with E-state index < -0.39 is 0 Å². The smallest absolute Gasteiger partial charge is 0.120 e. The summed E-state index contributed by atoms with van der Waals surface area (Å²) >= 11 is 0. The Labute approximate surface area is 109 Å². The maximum atomic E-state index is 10.1. The standard InChI is InChI=1S/C15H22N2O/c18-14-7-2-1-6-13(14)15(12-4-3-5-12)17-10-8-16-9-11-17/h1-2,6-7,12,15-16,18H,3-5,8-11H2/t15-/m1/s1. The molecule has 1 saturated carbocycles. The summed E-state index contributed by atoms with van der Waals surface area (Å²) in [7, 11) is 0. The van der Waals surface area contributed by atoms with Gasteiger partial charge in [0.1, 0.15) is 5.75 Å². The molecule has 3 nitrogen and oxygen atoms in total. The van der Waals surface area contributed by atoms with Gasteiger partial charge in [0.2, 0.25) is 0 Å². The molecule has 1 heterocycles. The first-order valence-electron chi connectivity index (χ1n) is 7.09. The molecule has 1 aromatic carbocycles. The number of phenolic OH excluding ortho intramolecular Hbond substituents is 1. The first kappa shape index (κ1) is 12.0. The zero-order valence-corrected chi connectivity index (χ0v) is 10.8. The van der Waals surface area contributed by atoms with Gasteiger partial charge in [-0.25, -0.2) is 0 Å². The monoisotopic (exact) mass is 246 g/mol. The van der Waals surface area contributed by atoms with Crippen LogP contribution in [0.3, 0.4) is 0 Å². The molecule has 18 heavy (non-hydrogen) atoms. The molecule has 1 aliphatic carbocycles. The van der Waals surface area contributed by atoms with E-state index >= 15 is 0 Å². The van der Waals surface area contributed by atoms with Crippen LogP contribution in [0.2, 0.25) is 0 Å². The van der Waals surface area contributed by atoms with Gasteiger partial charge in [0.05, 0.1) is 0 Å². The van der Waals surface area contributed by atoms with Crippen LogP contribution in [0.15, 0.2) is 24.3 Å². The third-order valence-electron chi connectivity index (χ3n) is 4.40. The molecule has 3 heteroatoms. The van der Waals surface area contributed by atoms with E-state index in [2.05, 4.69) is 16.3 Å². The summed E-state index contributed by atoms with van der Waals surface area (Å²) in [6.45, 7) is 4.32. The molecule has 0 spiro atoms. The van der Waals surface area contributed by atoms with Gasteiger partial charge >= 0.3 is 0 Å². The highest BCUT2D eigenvalue weighted by atomic mass is 16.3. The van der Waals surface area contributed by atoms with Gasteiger partial charge in [-0.2, -0.15) is 0 Å². The Hall–Kier alpha value is -1.06. The molecule has 3 rings (SSSR count). The Kier molecular flexibility index (Phi) is 3.52. The van der Waals surface area contributed by atoms with Gasteiger partial charge < -0.3 is 10.4 Å². The molecule has 1 saturated heterocycles. The average Bonchev–Trinajstić information content (AvgIpc) is 2.36. The van der Waals surface area contributed by atoms with Gasteiger partial charge in [-0.15, -0.1) is 0 Å². The minimum absolute atomic E-state index is 0.419. The quantitative estimate of drug-likeness (QED) is 0.857. The fourth-order valence-corrected chi connectivity index (χ4v) is 3.20. The van der Waals surface area contributed by atoms with Gasteiger partial charge in [-0.05, 0) is 24.8 Å². The summed E-state index contributed by atoms with van der Waals surface area (Å²) in [5.74, 6) is 1.20. The van der Waals surface area contributed by atoms with Crippen LogP contribution < -0.4 is 5.32 Å². The summed E-state index contributed by atoms with van der Waals surface area (Å²) in [6, 6.07) is 8.29. The largest absolute Gasteiger partial charge is 0.508 e. The van der Waals surface area contributed by atoms with E-state index in [1.165, 1.54) is 19.3 Å². The van der Waals surface area contributed by atoms with Crippen molar-refractivity contribution in [2.24, 2.45) is 5.92 Å². The minimum atomic E-state index is 0.419. The van der Waals surface area contributed by atoms with Gasteiger partial charge in [0.25, 0.3) is 0 Å². The number of hydrogen-bond donors (Lipinski definition) is 2. The van der Waals surface area contributed by atoms with Crippen molar-refractivity contribution in [2.45, 2.75) is 25.3 Å². The summed E-state index contributed by atoms with van der Waals surface area (Å²) in [6.07, 6.45) is 3.96. The Bertz CT molecular complexity index is 397. The van der Waals surface area contributed by atoms with Gasteiger partial charge in [0, 0.05) is 37.8 Å². The number of phenols is 1. The van der Waals surface area contributed by atoms with E-state index in [-0.39, 0.29) is 0 Å². The van der Waals surface area contributed by atoms with Crippen LogP contribution >= 0.6 is 0 Å². The second-order valence-corrected chi connectivity index (χ2v) is 5.48. The van der Waals surface area contributed by atoms with Crippen LogP contribution in [0.5, 0.6) is 5.75 Å². The van der Waals surface area contributed by atoms with Crippen molar-refractivity contribution in [3.63, 3.8) is 0 Å². The topological polar surface area (TPSA) is 35.5 Å². The van der Waals surface area contributed by atoms with Crippen LogP contribution in [0.4, 0.5) is 0 Å². The van der Waals surface area contributed by atoms with Crippen LogP contribution in [-0.2, 0) is 0 Å². The third-order valence-corrected chi connectivity index (χ3v) is 4.40. The first-order chi connectivity index (χ1) is 8.86. The summed E-state index contributed by atoms with van der Waals surface area (Å²) < 4.78 is 0. The Morgan fingerprint density at radius 1 is 1.17 bits per heavy atom. The fraction of sp³-hybridized carbons (Fsp3) is 0.600. The number of para-hydroxylation sites is 1. The molecular formula is C15H22N2O. The zero-order valence-electron chi connectivity index (χ0n) is 10.8. The normalized spacial score (nSPS) is 23.6. The molecule has 1 aromatic rings. The number of nitrogens with one attached hydrogen (secondary N) is 1. The van der Waals surface area contributed by atoms with Crippen molar-refractivity contribution in [1.29, 1.82) is 0 Å². The van der Waals surface area contributed by atoms with E-state index in [1.54, 1.807) is 0 Å². The van der Waals surface area contributed by atoms with Crippen molar-refractivity contribution < 1.29 is 5.11 Å². The van der Waals surface area contributed by atoms with Crippen molar-refractivity contribution >= 4 is 0 Å². The molecule has 0 bridgehead atoms. The molecule has 1 aliphatic heterocycles. The Balaban J connectivity index is 1.87. The van der Waals surface area contributed by atoms with E-state index in [0.717, 1.165) is 37.7 Å². The molecule has 1 atom stereocenters. The van der Waals surface area contributed by atoms with E-state index in [4.69, 9.17) is 0 Å². The molecule has 0 unspecified atom stereocenters. The van der Waals surface area contributed by atoms with E-state index in [0.29, 0.717) is 11.8 Å². The summed E-state index contributed by atoms with van der Waals surface area (Å²) in [5, 5.41) is 13.5. The lowest BCUT2D eigenvalue weighted by atomic mass is 9.76. The molecule has 0 amide bonds. The molecule has 0 aromatic heterocycles.